The summed E-state index contributed by atoms with van der Waals surface area (Å²) in [5.74, 6) is -0.779. The summed E-state index contributed by atoms with van der Waals surface area (Å²) in [6.45, 7) is 5.37. The van der Waals surface area contributed by atoms with Gasteiger partial charge in [-0.05, 0) is 19.3 Å². The van der Waals surface area contributed by atoms with Crippen LogP contribution in [-0.4, -0.2) is 78.2 Å². The van der Waals surface area contributed by atoms with Gasteiger partial charge in [0.05, 0.1) is 12.5 Å². The first-order valence-electron chi connectivity index (χ1n) is 8.02. The van der Waals surface area contributed by atoms with Crippen LogP contribution in [0.1, 0.15) is 26.2 Å². The standard InChI is InChI=1S/C15H26N4O3/c1-12(20)19-8-7-17(9-13(10-19)15(16)22)11-14(21)18-5-3-2-4-6-18/h13H,2-11H2,1H3,(H2,16,22)/t13-/m0/s1. The minimum absolute atomic E-state index is 0.0598. The molecule has 0 saturated carbocycles. The summed E-state index contributed by atoms with van der Waals surface area (Å²) in [6, 6.07) is 0. The van der Waals surface area contributed by atoms with Crippen molar-refractivity contribution in [2.45, 2.75) is 26.2 Å². The molecule has 0 radical (unpaired) electrons. The van der Waals surface area contributed by atoms with E-state index in [1.807, 2.05) is 9.80 Å². The highest BCUT2D eigenvalue weighted by Gasteiger charge is 2.29. The van der Waals surface area contributed by atoms with Crippen LogP contribution in [0.3, 0.4) is 0 Å². The molecule has 2 heterocycles. The Morgan fingerprint density at radius 1 is 0.955 bits per heavy atom. The first-order valence-corrected chi connectivity index (χ1v) is 8.02. The average molecular weight is 310 g/mol. The molecule has 124 valence electrons. The molecule has 2 rings (SSSR count). The predicted molar refractivity (Wildman–Crippen MR) is 81.8 cm³/mol. The summed E-state index contributed by atoms with van der Waals surface area (Å²) in [5, 5.41) is 0. The van der Waals surface area contributed by atoms with E-state index in [9.17, 15) is 14.4 Å². The normalized spacial score (nSPS) is 24.0. The summed E-state index contributed by atoms with van der Waals surface area (Å²) in [6.07, 6.45) is 3.31. The number of piperidine rings is 1. The zero-order valence-corrected chi connectivity index (χ0v) is 13.3. The van der Waals surface area contributed by atoms with Crippen LogP contribution >= 0.6 is 0 Å². The number of amides is 3. The smallest absolute Gasteiger partial charge is 0.236 e. The Labute approximate surface area is 131 Å². The first-order chi connectivity index (χ1) is 10.5. The molecule has 0 aromatic heterocycles. The fraction of sp³-hybridized carbons (Fsp3) is 0.800. The van der Waals surface area contributed by atoms with Gasteiger partial charge in [0.15, 0.2) is 0 Å². The second-order valence-electron chi connectivity index (χ2n) is 6.24. The van der Waals surface area contributed by atoms with Crippen molar-refractivity contribution < 1.29 is 14.4 Å². The van der Waals surface area contributed by atoms with E-state index in [4.69, 9.17) is 5.73 Å². The fourth-order valence-electron chi connectivity index (χ4n) is 3.12. The van der Waals surface area contributed by atoms with Crippen LogP contribution in [0.25, 0.3) is 0 Å². The lowest BCUT2D eigenvalue weighted by molar-refractivity contribution is -0.134. The fourth-order valence-corrected chi connectivity index (χ4v) is 3.12. The molecule has 2 N–H and O–H groups in total. The quantitative estimate of drug-likeness (QED) is 0.744. The van der Waals surface area contributed by atoms with Crippen LogP contribution in [0.5, 0.6) is 0 Å². The third-order valence-corrected chi connectivity index (χ3v) is 4.52. The molecule has 22 heavy (non-hydrogen) atoms. The zero-order chi connectivity index (χ0) is 16.1. The van der Waals surface area contributed by atoms with Crippen molar-refractivity contribution in [1.29, 1.82) is 0 Å². The molecule has 0 bridgehead atoms. The Kier molecular flexibility index (Phi) is 5.76. The van der Waals surface area contributed by atoms with E-state index >= 15 is 0 Å². The van der Waals surface area contributed by atoms with Crippen LogP contribution < -0.4 is 5.73 Å². The van der Waals surface area contributed by atoms with Gasteiger partial charge in [0.25, 0.3) is 0 Å². The molecule has 1 atom stereocenters. The summed E-state index contributed by atoms with van der Waals surface area (Å²) in [5.41, 5.74) is 5.44. The minimum atomic E-state index is -0.416. The molecule has 7 heteroatoms. The maximum absolute atomic E-state index is 12.4. The first kappa shape index (κ1) is 16.7. The van der Waals surface area contributed by atoms with Crippen molar-refractivity contribution in [3.63, 3.8) is 0 Å². The van der Waals surface area contributed by atoms with Gasteiger partial charge in [-0.15, -0.1) is 0 Å². The highest BCUT2D eigenvalue weighted by Crippen LogP contribution is 2.12. The van der Waals surface area contributed by atoms with E-state index in [0.717, 1.165) is 25.9 Å². The number of nitrogens with zero attached hydrogens (tertiary/aromatic N) is 3. The van der Waals surface area contributed by atoms with Crippen LogP contribution in [0.15, 0.2) is 0 Å². The summed E-state index contributed by atoms with van der Waals surface area (Å²) in [4.78, 5) is 41.0. The van der Waals surface area contributed by atoms with Crippen LogP contribution in [-0.2, 0) is 14.4 Å². The molecule has 2 aliphatic heterocycles. The highest BCUT2D eigenvalue weighted by molar-refractivity contribution is 5.80. The summed E-state index contributed by atoms with van der Waals surface area (Å²) >= 11 is 0. The Hall–Kier alpha value is -1.63. The Balaban J connectivity index is 1.95. The highest BCUT2D eigenvalue weighted by atomic mass is 16.2. The van der Waals surface area contributed by atoms with Crippen molar-refractivity contribution in [2.24, 2.45) is 11.7 Å². The van der Waals surface area contributed by atoms with E-state index in [1.54, 1.807) is 4.90 Å². The molecule has 3 amide bonds. The molecule has 2 fully saturated rings. The molecular weight excluding hydrogens is 284 g/mol. The number of rotatable bonds is 3. The van der Waals surface area contributed by atoms with Gasteiger partial charge in [-0.3, -0.25) is 19.3 Å². The number of carbonyl (C=O) groups excluding carboxylic acids is 3. The van der Waals surface area contributed by atoms with E-state index in [0.29, 0.717) is 32.7 Å². The van der Waals surface area contributed by atoms with Crippen molar-refractivity contribution in [3.8, 4) is 0 Å². The van der Waals surface area contributed by atoms with Gasteiger partial charge in [0.2, 0.25) is 17.7 Å². The van der Waals surface area contributed by atoms with Crippen molar-refractivity contribution in [1.82, 2.24) is 14.7 Å². The van der Waals surface area contributed by atoms with Crippen LogP contribution in [0.2, 0.25) is 0 Å². The van der Waals surface area contributed by atoms with E-state index < -0.39 is 11.8 Å². The maximum atomic E-state index is 12.4. The number of nitrogens with two attached hydrogens (primary N) is 1. The number of primary amides is 1. The van der Waals surface area contributed by atoms with Crippen molar-refractivity contribution in [3.05, 3.63) is 0 Å². The van der Waals surface area contributed by atoms with Crippen LogP contribution in [0.4, 0.5) is 0 Å². The van der Waals surface area contributed by atoms with Crippen molar-refractivity contribution >= 4 is 17.7 Å². The summed E-state index contributed by atoms with van der Waals surface area (Å²) < 4.78 is 0. The Bertz CT molecular complexity index is 435. The molecule has 0 aliphatic carbocycles. The van der Waals surface area contributed by atoms with Crippen LogP contribution in [0, 0.1) is 5.92 Å². The van der Waals surface area contributed by atoms with Gasteiger partial charge < -0.3 is 15.5 Å². The zero-order valence-electron chi connectivity index (χ0n) is 13.3. The van der Waals surface area contributed by atoms with Gasteiger partial charge in [-0.25, -0.2) is 0 Å². The van der Waals surface area contributed by atoms with E-state index in [1.165, 1.54) is 13.3 Å². The maximum Gasteiger partial charge on any atom is 0.236 e. The summed E-state index contributed by atoms with van der Waals surface area (Å²) in [7, 11) is 0. The number of carbonyl (C=O) groups is 3. The lowest BCUT2D eigenvalue weighted by Crippen LogP contribution is -2.45. The van der Waals surface area contributed by atoms with Crippen molar-refractivity contribution in [2.75, 3.05) is 45.8 Å². The average Bonchev–Trinajstić information content (AvgIpc) is 2.71. The number of hydrogen-bond acceptors (Lipinski definition) is 4. The second-order valence-corrected chi connectivity index (χ2v) is 6.24. The Morgan fingerprint density at radius 3 is 2.23 bits per heavy atom. The van der Waals surface area contributed by atoms with Gasteiger partial charge in [0.1, 0.15) is 0 Å². The topological polar surface area (TPSA) is 87.0 Å². The van der Waals surface area contributed by atoms with Gasteiger partial charge in [0, 0.05) is 46.2 Å². The molecule has 0 spiro atoms. The second kappa shape index (κ2) is 7.58. The van der Waals surface area contributed by atoms with E-state index in [2.05, 4.69) is 0 Å². The minimum Gasteiger partial charge on any atom is -0.369 e. The lowest BCUT2D eigenvalue weighted by Gasteiger charge is -2.30. The molecule has 0 unspecified atom stereocenters. The third kappa shape index (κ3) is 4.43. The molecule has 7 nitrogen and oxygen atoms in total. The van der Waals surface area contributed by atoms with E-state index in [-0.39, 0.29) is 11.8 Å². The monoisotopic (exact) mass is 310 g/mol. The predicted octanol–water partition coefficient (Wildman–Crippen LogP) is -0.735. The SMILES string of the molecule is CC(=O)N1CCN(CC(=O)N2CCCCC2)C[C@H](C(N)=O)C1. The largest absolute Gasteiger partial charge is 0.369 e. The van der Waals surface area contributed by atoms with Gasteiger partial charge in [-0.2, -0.15) is 0 Å². The van der Waals surface area contributed by atoms with Gasteiger partial charge >= 0.3 is 0 Å². The lowest BCUT2D eigenvalue weighted by atomic mass is 10.1. The molecule has 2 aliphatic rings. The molecule has 0 aromatic rings. The number of likely N-dealkylation sites (tertiary alicyclic amines) is 1. The Morgan fingerprint density at radius 2 is 1.64 bits per heavy atom. The number of hydrogen-bond donors (Lipinski definition) is 1. The van der Waals surface area contributed by atoms with Gasteiger partial charge in [-0.1, -0.05) is 0 Å². The molecule has 2 saturated heterocycles. The third-order valence-electron chi connectivity index (χ3n) is 4.52. The molecule has 0 aromatic carbocycles. The molecular formula is C15H26N4O3.